The summed E-state index contributed by atoms with van der Waals surface area (Å²) in [7, 11) is 0. The molecule has 0 saturated carbocycles. The molecule has 0 fully saturated rings. The quantitative estimate of drug-likeness (QED) is 0.237. The summed E-state index contributed by atoms with van der Waals surface area (Å²) in [6, 6.07) is 0. The molecule has 1 heteroatoms. The van der Waals surface area contributed by atoms with Crippen LogP contribution in [0.15, 0.2) is 144 Å². The van der Waals surface area contributed by atoms with Gasteiger partial charge in [0.05, 0.1) is 0 Å². The maximum atomic E-state index is 6.05. The standard InChI is InChI=1S/C34H47N/c1-9-16-19-25-31(21-13-5)34(32(22-14-6)27-26-28(8)35)33(29(15-7)23-17-10-2)30(20-12-4)24-18-11-3/h10-11,13-27,33-34H,3,7,9,12,35H2,1-2,4-6,8H3/b17-10-,19-16-,21-13-,22-14-,24-18-,28-26+,29-23+,30-20+,31-25+,32-27+. The molecule has 0 aromatic carbocycles. The van der Waals surface area contributed by atoms with Crippen LogP contribution < -0.4 is 5.73 Å². The number of hydrogen-bond acceptors (Lipinski definition) is 1. The second-order valence-electron chi connectivity index (χ2n) is 8.14. The van der Waals surface area contributed by atoms with E-state index in [1.165, 1.54) is 16.7 Å². The summed E-state index contributed by atoms with van der Waals surface area (Å²) in [6.07, 6.45) is 37.8. The first-order valence-corrected chi connectivity index (χ1v) is 12.7. The van der Waals surface area contributed by atoms with E-state index in [1.54, 1.807) is 0 Å². The molecule has 0 aromatic heterocycles. The maximum Gasteiger partial charge on any atom is 0.0198 e. The van der Waals surface area contributed by atoms with Crippen LogP contribution in [0.5, 0.6) is 0 Å². The van der Waals surface area contributed by atoms with E-state index in [0.717, 1.165) is 24.1 Å². The highest BCUT2D eigenvalue weighted by Gasteiger charge is 2.30. The third-order valence-electron chi connectivity index (χ3n) is 5.27. The molecule has 1 nitrogen and oxygen atoms in total. The lowest BCUT2D eigenvalue weighted by molar-refractivity contribution is 0.586. The van der Waals surface area contributed by atoms with Gasteiger partial charge in [0.1, 0.15) is 0 Å². The van der Waals surface area contributed by atoms with Crippen LogP contribution in [0, 0.1) is 11.8 Å². The van der Waals surface area contributed by atoms with Gasteiger partial charge >= 0.3 is 0 Å². The van der Waals surface area contributed by atoms with Crippen molar-refractivity contribution in [2.75, 3.05) is 0 Å². The molecular weight excluding hydrogens is 422 g/mol. The average Bonchev–Trinajstić information content (AvgIpc) is 2.84. The molecule has 0 aliphatic heterocycles. The molecule has 0 rings (SSSR count). The van der Waals surface area contributed by atoms with Crippen LogP contribution in [0.2, 0.25) is 0 Å². The van der Waals surface area contributed by atoms with Crippen molar-refractivity contribution >= 4 is 0 Å². The molecule has 0 spiro atoms. The molecule has 0 aliphatic carbocycles. The minimum Gasteiger partial charge on any atom is -0.402 e. The van der Waals surface area contributed by atoms with Crippen molar-refractivity contribution in [1.29, 1.82) is 0 Å². The molecule has 0 radical (unpaired) electrons. The van der Waals surface area contributed by atoms with Crippen molar-refractivity contribution in [3.8, 4) is 0 Å². The summed E-state index contributed by atoms with van der Waals surface area (Å²) in [4.78, 5) is 0. The first-order valence-electron chi connectivity index (χ1n) is 12.7. The van der Waals surface area contributed by atoms with E-state index in [0.29, 0.717) is 0 Å². The Kier molecular flexibility index (Phi) is 18.2. The number of rotatable bonds is 15. The Bertz CT molecular complexity index is 945. The van der Waals surface area contributed by atoms with Crippen LogP contribution in [-0.2, 0) is 0 Å². The second kappa shape index (κ2) is 20.1. The molecule has 0 aliphatic rings. The van der Waals surface area contributed by atoms with Crippen LogP contribution in [0.3, 0.4) is 0 Å². The van der Waals surface area contributed by atoms with Crippen LogP contribution in [-0.4, -0.2) is 0 Å². The normalized spacial score (nSPS) is 16.9. The van der Waals surface area contributed by atoms with Gasteiger partial charge in [-0.15, -0.1) is 0 Å². The summed E-state index contributed by atoms with van der Waals surface area (Å²) in [5.74, 6) is 0.0625. The van der Waals surface area contributed by atoms with E-state index in [-0.39, 0.29) is 11.8 Å². The molecule has 35 heavy (non-hydrogen) atoms. The minimum absolute atomic E-state index is 0.0290. The van der Waals surface area contributed by atoms with E-state index < -0.39 is 0 Å². The topological polar surface area (TPSA) is 26.0 Å². The fraction of sp³-hybridized carbons (Fsp3) is 0.294. The largest absolute Gasteiger partial charge is 0.402 e. The van der Waals surface area contributed by atoms with Crippen LogP contribution in [0.1, 0.15) is 54.4 Å². The van der Waals surface area contributed by atoms with E-state index in [9.17, 15) is 0 Å². The maximum absolute atomic E-state index is 6.05. The predicted molar refractivity (Wildman–Crippen MR) is 161 cm³/mol. The molecule has 0 saturated heterocycles. The van der Waals surface area contributed by atoms with Gasteiger partial charge in [-0.3, -0.25) is 0 Å². The van der Waals surface area contributed by atoms with Crippen molar-refractivity contribution < 1.29 is 0 Å². The fourth-order valence-corrected chi connectivity index (χ4v) is 3.83. The zero-order chi connectivity index (χ0) is 26.5. The highest BCUT2D eigenvalue weighted by Crippen LogP contribution is 2.41. The molecular formula is C34H47N. The van der Waals surface area contributed by atoms with Gasteiger partial charge in [0.2, 0.25) is 0 Å². The van der Waals surface area contributed by atoms with Crippen LogP contribution in [0.4, 0.5) is 0 Å². The van der Waals surface area contributed by atoms with Gasteiger partial charge in [0.15, 0.2) is 0 Å². The molecule has 0 amide bonds. The van der Waals surface area contributed by atoms with Crippen molar-refractivity contribution in [3.63, 3.8) is 0 Å². The lowest BCUT2D eigenvalue weighted by Crippen LogP contribution is -2.22. The lowest BCUT2D eigenvalue weighted by atomic mass is 9.71. The molecule has 2 unspecified atom stereocenters. The predicted octanol–water partition coefficient (Wildman–Crippen LogP) is 9.82. The van der Waals surface area contributed by atoms with E-state index >= 15 is 0 Å². The van der Waals surface area contributed by atoms with Crippen LogP contribution in [0.25, 0.3) is 0 Å². The molecule has 0 aromatic rings. The van der Waals surface area contributed by atoms with Gasteiger partial charge in [-0.05, 0) is 68.9 Å². The lowest BCUT2D eigenvalue weighted by Gasteiger charge is -2.32. The first-order chi connectivity index (χ1) is 16.9. The highest BCUT2D eigenvalue weighted by atomic mass is 14.5. The summed E-state index contributed by atoms with van der Waals surface area (Å²) < 4.78 is 0. The number of hydrogen-bond donors (Lipinski definition) is 1. The third-order valence-corrected chi connectivity index (χ3v) is 5.27. The van der Waals surface area contributed by atoms with Gasteiger partial charge in [-0.2, -0.15) is 0 Å². The SMILES string of the molecule is C=C/C=C\C(=C/CC)C(/C(C=C)=C/C=C\C)C(C(/C=C\C)=C/C=C\CC)C(/C=C\C)=C/C=C(\C)N. The van der Waals surface area contributed by atoms with Gasteiger partial charge in [0.25, 0.3) is 0 Å². The van der Waals surface area contributed by atoms with Gasteiger partial charge in [-0.1, -0.05) is 124 Å². The smallest absolute Gasteiger partial charge is 0.0198 e. The Hall–Kier alpha value is -3.32. The zero-order valence-electron chi connectivity index (χ0n) is 22.9. The number of nitrogens with two attached hydrogens (primary N) is 1. The highest BCUT2D eigenvalue weighted by molar-refractivity contribution is 5.48. The average molecular weight is 470 g/mol. The van der Waals surface area contributed by atoms with E-state index in [4.69, 9.17) is 5.73 Å². The summed E-state index contributed by atoms with van der Waals surface area (Å²) in [6.45, 7) is 20.5. The molecule has 2 N–H and O–H groups in total. The van der Waals surface area contributed by atoms with E-state index in [1.807, 2.05) is 44.2 Å². The Labute approximate surface area is 216 Å². The number of allylic oxidation sites excluding steroid dienone is 22. The molecule has 0 heterocycles. The minimum atomic E-state index is 0.0290. The van der Waals surface area contributed by atoms with Gasteiger partial charge in [0, 0.05) is 17.5 Å². The Balaban J connectivity index is 7.76. The van der Waals surface area contributed by atoms with Crippen molar-refractivity contribution in [2.24, 2.45) is 17.6 Å². The van der Waals surface area contributed by atoms with E-state index in [2.05, 4.69) is 114 Å². The van der Waals surface area contributed by atoms with Gasteiger partial charge < -0.3 is 5.73 Å². The monoisotopic (exact) mass is 469 g/mol. The van der Waals surface area contributed by atoms with Crippen molar-refractivity contribution in [2.45, 2.75) is 54.4 Å². The zero-order valence-corrected chi connectivity index (χ0v) is 22.9. The van der Waals surface area contributed by atoms with Crippen molar-refractivity contribution in [1.82, 2.24) is 0 Å². The third kappa shape index (κ3) is 12.1. The Morgan fingerprint density at radius 2 is 1.29 bits per heavy atom. The van der Waals surface area contributed by atoms with Gasteiger partial charge in [-0.25, -0.2) is 0 Å². The van der Waals surface area contributed by atoms with Crippen LogP contribution >= 0.6 is 0 Å². The second-order valence-corrected chi connectivity index (χ2v) is 8.14. The summed E-state index contributed by atoms with van der Waals surface area (Å²) in [5, 5.41) is 0. The molecule has 0 bridgehead atoms. The Morgan fingerprint density at radius 3 is 1.77 bits per heavy atom. The Morgan fingerprint density at radius 1 is 0.686 bits per heavy atom. The fourth-order valence-electron chi connectivity index (χ4n) is 3.83. The summed E-state index contributed by atoms with van der Waals surface area (Å²) in [5.41, 5.74) is 11.6. The molecule has 188 valence electrons. The molecule has 2 atom stereocenters. The first kappa shape index (κ1) is 31.7. The summed E-state index contributed by atoms with van der Waals surface area (Å²) >= 11 is 0. The van der Waals surface area contributed by atoms with Crippen molar-refractivity contribution in [3.05, 3.63) is 144 Å².